The number of fused-ring (bicyclic) bond motifs is 5. The highest BCUT2D eigenvalue weighted by molar-refractivity contribution is 7.80. The third-order valence-electron chi connectivity index (χ3n) is 4.83. The molecule has 0 aromatic carbocycles. The Morgan fingerprint density at radius 1 is 1.35 bits per heavy atom. The van der Waals surface area contributed by atoms with Gasteiger partial charge in [-0.3, -0.25) is 0 Å². The number of rotatable bonds is 4. The zero-order valence-electron chi connectivity index (χ0n) is 10.6. The van der Waals surface area contributed by atoms with Crippen molar-refractivity contribution in [3.63, 3.8) is 0 Å². The van der Waals surface area contributed by atoms with Crippen LogP contribution in [0.15, 0.2) is 0 Å². The van der Waals surface area contributed by atoms with Crippen LogP contribution in [0.3, 0.4) is 0 Å². The summed E-state index contributed by atoms with van der Waals surface area (Å²) in [5.41, 5.74) is 0. The molecule has 3 nitrogen and oxygen atoms in total. The standard InChI is InChI=1S/C13H22N2OS/c1-7(6-16-2)14-13(17)15-12-10-8-3-4-9(5-8)11(10)12/h7-12H,3-6H2,1-2H3,(H2,14,15,17). The Morgan fingerprint density at radius 3 is 2.59 bits per heavy atom. The van der Waals surface area contributed by atoms with E-state index < -0.39 is 0 Å². The minimum atomic E-state index is 0.287. The van der Waals surface area contributed by atoms with Gasteiger partial charge in [0.05, 0.1) is 6.61 Å². The van der Waals surface area contributed by atoms with Crippen molar-refractivity contribution in [2.24, 2.45) is 23.7 Å². The highest BCUT2D eigenvalue weighted by Gasteiger charge is 2.65. The number of nitrogens with one attached hydrogen (secondary N) is 2. The van der Waals surface area contributed by atoms with Crippen LogP contribution in [0.25, 0.3) is 0 Å². The molecule has 0 saturated heterocycles. The van der Waals surface area contributed by atoms with Crippen molar-refractivity contribution in [1.29, 1.82) is 0 Å². The van der Waals surface area contributed by atoms with E-state index in [-0.39, 0.29) is 6.04 Å². The molecule has 0 aromatic heterocycles. The Morgan fingerprint density at radius 2 is 2.00 bits per heavy atom. The van der Waals surface area contributed by atoms with Gasteiger partial charge in [0, 0.05) is 19.2 Å². The van der Waals surface area contributed by atoms with Gasteiger partial charge in [-0.15, -0.1) is 0 Å². The highest BCUT2D eigenvalue weighted by Crippen LogP contribution is 2.65. The normalized spacial score (nSPS) is 43.1. The highest BCUT2D eigenvalue weighted by atomic mass is 32.1. The van der Waals surface area contributed by atoms with Crippen LogP contribution in [0, 0.1) is 23.7 Å². The molecule has 0 spiro atoms. The van der Waals surface area contributed by atoms with Crippen LogP contribution < -0.4 is 10.6 Å². The molecule has 0 aliphatic heterocycles. The molecule has 3 aliphatic carbocycles. The summed E-state index contributed by atoms with van der Waals surface area (Å²) < 4.78 is 5.09. The molecule has 0 amide bonds. The fraction of sp³-hybridized carbons (Fsp3) is 0.923. The minimum absolute atomic E-state index is 0.287. The maximum atomic E-state index is 5.36. The summed E-state index contributed by atoms with van der Waals surface area (Å²) in [4.78, 5) is 0. The van der Waals surface area contributed by atoms with Crippen LogP contribution in [0.5, 0.6) is 0 Å². The molecule has 0 heterocycles. The van der Waals surface area contributed by atoms with E-state index >= 15 is 0 Å². The molecule has 5 unspecified atom stereocenters. The van der Waals surface area contributed by atoms with Crippen molar-refractivity contribution in [2.45, 2.75) is 38.3 Å². The molecular weight excluding hydrogens is 232 g/mol. The van der Waals surface area contributed by atoms with E-state index in [1.807, 2.05) is 0 Å². The first-order valence-electron chi connectivity index (χ1n) is 6.76. The summed E-state index contributed by atoms with van der Waals surface area (Å²) in [6.07, 6.45) is 4.42. The lowest BCUT2D eigenvalue weighted by molar-refractivity contribution is 0.179. The molecule has 3 fully saturated rings. The summed E-state index contributed by atoms with van der Waals surface area (Å²) in [6, 6.07) is 0.964. The average Bonchev–Trinajstić information content (AvgIpc) is 2.70. The Hall–Kier alpha value is -0.350. The smallest absolute Gasteiger partial charge is 0.166 e. The molecule has 5 atom stereocenters. The van der Waals surface area contributed by atoms with Crippen LogP contribution in [0.4, 0.5) is 0 Å². The van der Waals surface area contributed by atoms with E-state index in [1.165, 1.54) is 19.3 Å². The van der Waals surface area contributed by atoms with Crippen LogP contribution in [0.2, 0.25) is 0 Å². The maximum Gasteiger partial charge on any atom is 0.166 e. The number of hydrogen-bond acceptors (Lipinski definition) is 2. The maximum absolute atomic E-state index is 5.36. The van der Waals surface area contributed by atoms with E-state index in [4.69, 9.17) is 17.0 Å². The van der Waals surface area contributed by atoms with Crippen LogP contribution in [0.1, 0.15) is 26.2 Å². The largest absolute Gasteiger partial charge is 0.383 e. The molecule has 2 N–H and O–H groups in total. The van der Waals surface area contributed by atoms with Gasteiger partial charge in [-0.2, -0.15) is 0 Å². The molecule has 0 aromatic rings. The molecular formula is C13H22N2OS. The van der Waals surface area contributed by atoms with Gasteiger partial charge in [0.2, 0.25) is 0 Å². The monoisotopic (exact) mass is 254 g/mol. The zero-order chi connectivity index (χ0) is 12.0. The van der Waals surface area contributed by atoms with Crippen molar-refractivity contribution in [2.75, 3.05) is 13.7 Å². The third-order valence-corrected chi connectivity index (χ3v) is 5.06. The number of thiocarbonyl (C=S) groups is 1. The van der Waals surface area contributed by atoms with Crippen LogP contribution in [-0.4, -0.2) is 30.9 Å². The quantitative estimate of drug-likeness (QED) is 0.746. The summed E-state index contributed by atoms with van der Waals surface area (Å²) in [6.45, 7) is 2.79. The van der Waals surface area contributed by atoms with E-state index in [9.17, 15) is 0 Å². The summed E-state index contributed by atoms with van der Waals surface area (Å²) in [7, 11) is 1.72. The lowest BCUT2D eigenvalue weighted by atomic mass is 10.0. The first-order valence-corrected chi connectivity index (χ1v) is 7.17. The van der Waals surface area contributed by atoms with Crippen molar-refractivity contribution < 1.29 is 4.74 Å². The van der Waals surface area contributed by atoms with Crippen molar-refractivity contribution in [3.8, 4) is 0 Å². The molecule has 3 aliphatic rings. The molecule has 0 radical (unpaired) electrons. The molecule has 3 rings (SSSR count). The van der Waals surface area contributed by atoms with Gasteiger partial charge in [0.25, 0.3) is 0 Å². The second-order valence-electron chi connectivity index (χ2n) is 5.99. The number of methoxy groups -OCH3 is 1. The van der Waals surface area contributed by atoms with E-state index in [0.717, 1.165) is 28.8 Å². The van der Waals surface area contributed by atoms with Gasteiger partial charge in [-0.1, -0.05) is 0 Å². The number of ether oxygens (including phenoxy) is 1. The van der Waals surface area contributed by atoms with E-state index in [0.29, 0.717) is 12.6 Å². The first kappa shape index (κ1) is 11.7. The topological polar surface area (TPSA) is 33.3 Å². The fourth-order valence-corrected chi connectivity index (χ4v) is 4.56. The van der Waals surface area contributed by atoms with Crippen LogP contribution >= 0.6 is 12.2 Å². The second-order valence-corrected chi connectivity index (χ2v) is 6.40. The lowest BCUT2D eigenvalue weighted by Gasteiger charge is -2.18. The van der Waals surface area contributed by atoms with Crippen molar-refractivity contribution in [1.82, 2.24) is 10.6 Å². The molecule has 3 saturated carbocycles. The van der Waals surface area contributed by atoms with E-state index in [1.54, 1.807) is 7.11 Å². The predicted octanol–water partition coefficient (Wildman–Crippen LogP) is 1.53. The van der Waals surface area contributed by atoms with Gasteiger partial charge in [-0.05, 0) is 62.1 Å². The van der Waals surface area contributed by atoms with Gasteiger partial charge in [0.15, 0.2) is 5.11 Å². The summed E-state index contributed by atoms with van der Waals surface area (Å²) in [5.74, 6) is 3.88. The van der Waals surface area contributed by atoms with Crippen molar-refractivity contribution >= 4 is 17.3 Å². The fourth-order valence-electron chi connectivity index (χ4n) is 4.23. The second kappa shape index (κ2) is 4.39. The minimum Gasteiger partial charge on any atom is -0.383 e. The SMILES string of the molecule is COCC(C)NC(=S)NC1C2C3CCC(C3)C12. The lowest BCUT2D eigenvalue weighted by Crippen LogP contribution is -2.44. The van der Waals surface area contributed by atoms with Crippen LogP contribution in [-0.2, 0) is 4.74 Å². The zero-order valence-corrected chi connectivity index (χ0v) is 11.4. The Kier molecular flexibility index (Phi) is 3.03. The van der Waals surface area contributed by atoms with Crippen molar-refractivity contribution in [3.05, 3.63) is 0 Å². The average molecular weight is 254 g/mol. The van der Waals surface area contributed by atoms with Gasteiger partial charge in [-0.25, -0.2) is 0 Å². The summed E-state index contributed by atoms with van der Waals surface area (Å²) >= 11 is 5.36. The third kappa shape index (κ3) is 2.06. The molecule has 4 heteroatoms. The molecule has 2 bridgehead atoms. The molecule has 17 heavy (non-hydrogen) atoms. The molecule has 96 valence electrons. The number of hydrogen-bond donors (Lipinski definition) is 2. The van der Waals surface area contributed by atoms with Gasteiger partial charge >= 0.3 is 0 Å². The predicted molar refractivity (Wildman–Crippen MR) is 71.8 cm³/mol. The van der Waals surface area contributed by atoms with Gasteiger partial charge in [0.1, 0.15) is 0 Å². The Labute approximate surface area is 109 Å². The summed E-state index contributed by atoms with van der Waals surface area (Å²) in [5, 5.41) is 7.61. The Bertz CT molecular complexity index is 307. The van der Waals surface area contributed by atoms with E-state index in [2.05, 4.69) is 17.6 Å². The van der Waals surface area contributed by atoms with Gasteiger partial charge < -0.3 is 15.4 Å². The first-order chi connectivity index (χ1) is 8.20. The Balaban J connectivity index is 1.45.